The lowest BCUT2D eigenvalue weighted by molar-refractivity contribution is 1.36. The van der Waals surface area contributed by atoms with Crippen molar-refractivity contribution in [3.63, 3.8) is 0 Å². The minimum absolute atomic E-state index is 0.871. The van der Waals surface area contributed by atoms with Gasteiger partial charge in [0.25, 0.3) is 0 Å². The summed E-state index contributed by atoms with van der Waals surface area (Å²) in [6.07, 6.45) is 6.57. The van der Waals surface area contributed by atoms with Crippen LogP contribution in [0.2, 0.25) is 0 Å². The quantitative estimate of drug-likeness (QED) is 0.593. The van der Waals surface area contributed by atoms with Crippen molar-refractivity contribution < 1.29 is 0 Å². The first kappa shape index (κ1) is 6.94. The monoisotopic (exact) mass is 161 g/mol. The summed E-state index contributed by atoms with van der Waals surface area (Å²) in [6.45, 7) is 2.14. The third-order valence-corrected chi connectivity index (χ3v) is 3.07. The van der Waals surface area contributed by atoms with Gasteiger partial charge in [0, 0.05) is 0 Å². The van der Waals surface area contributed by atoms with E-state index in [4.69, 9.17) is 0 Å². The van der Waals surface area contributed by atoms with Crippen molar-refractivity contribution in [1.82, 2.24) is 0 Å². The van der Waals surface area contributed by atoms with E-state index in [1.807, 2.05) is 0 Å². The van der Waals surface area contributed by atoms with Crippen molar-refractivity contribution in [3.05, 3.63) is 41.0 Å². The van der Waals surface area contributed by atoms with Gasteiger partial charge in [-0.05, 0) is 41.7 Å². The molecule has 1 aliphatic rings. The van der Waals surface area contributed by atoms with E-state index in [-0.39, 0.29) is 0 Å². The van der Waals surface area contributed by atoms with E-state index in [2.05, 4.69) is 37.0 Å². The second-order valence-electron chi connectivity index (χ2n) is 2.71. The SMILES string of the molecule is CC1=[C]CC=C1c1ccc[pH]1. The number of hydrogen-bond acceptors (Lipinski definition) is 0. The van der Waals surface area contributed by atoms with Crippen LogP contribution in [-0.4, -0.2) is 0 Å². The largest absolute Gasteiger partial charge is 0.132 e. The standard InChI is InChI=1S/C10H10P/c1-8-4-2-5-9(8)10-6-3-7-11-10/h3,5-7,11H,2H2,1H3. The van der Waals surface area contributed by atoms with Gasteiger partial charge in [-0.1, -0.05) is 18.2 Å². The maximum Gasteiger partial charge on any atom is -0.00186 e. The van der Waals surface area contributed by atoms with Crippen molar-refractivity contribution in [1.29, 1.82) is 0 Å². The first-order valence-corrected chi connectivity index (χ1v) is 4.87. The van der Waals surface area contributed by atoms with Crippen LogP contribution in [0.4, 0.5) is 0 Å². The molecule has 55 valence electrons. The molecule has 1 aliphatic carbocycles. The first-order valence-electron chi connectivity index (χ1n) is 3.79. The highest BCUT2D eigenvalue weighted by atomic mass is 31.0. The van der Waals surface area contributed by atoms with Gasteiger partial charge in [-0.15, -0.1) is 8.19 Å². The summed E-state index contributed by atoms with van der Waals surface area (Å²) in [5, 5.41) is 1.48. The Morgan fingerprint density at radius 2 is 2.45 bits per heavy atom. The third kappa shape index (κ3) is 1.19. The van der Waals surface area contributed by atoms with Gasteiger partial charge >= 0.3 is 0 Å². The van der Waals surface area contributed by atoms with Crippen molar-refractivity contribution >= 4 is 13.8 Å². The molecule has 0 saturated carbocycles. The minimum Gasteiger partial charge on any atom is -0.132 e. The second kappa shape index (κ2) is 2.71. The van der Waals surface area contributed by atoms with Gasteiger partial charge in [0.15, 0.2) is 0 Å². The fraction of sp³-hybridized carbons (Fsp3) is 0.200. The van der Waals surface area contributed by atoms with E-state index < -0.39 is 0 Å². The molecule has 1 aromatic heterocycles. The zero-order chi connectivity index (χ0) is 7.68. The van der Waals surface area contributed by atoms with E-state index in [1.165, 1.54) is 16.4 Å². The van der Waals surface area contributed by atoms with E-state index in [0.29, 0.717) is 0 Å². The smallest absolute Gasteiger partial charge is 0.00186 e. The molecule has 0 bridgehead atoms. The zero-order valence-corrected chi connectivity index (χ0v) is 7.52. The van der Waals surface area contributed by atoms with Crippen LogP contribution in [0.1, 0.15) is 18.6 Å². The van der Waals surface area contributed by atoms with Gasteiger partial charge < -0.3 is 0 Å². The summed E-state index contributed by atoms with van der Waals surface area (Å²) in [7, 11) is 0.871. The lowest BCUT2D eigenvalue weighted by Gasteiger charge is -1.98. The van der Waals surface area contributed by atoms with Gasteiger partial charge in [0.2, 0.25) is 0 Å². The molecule has 0 amide bonds. The molecule has 0 aliphatic heterocycles. The Morgan fingerprint density at radius 1 is 1.55 bits per heavy atom. The molecule has 2 rings (SSSR count). The highest BCUT2D eigenvalue weighted by Gasteiger charge is 2.07. The molecule has 0 nitrogen and oxygen atoms in total. The average molecular weight is 161 g/mol. The van der Waals surface area contributed by atoms with Crippen LogP contribution in [0.5, 0.6) is 0 Å². The summed E-state index contributed by atoms with van der Waals surface area (Å²) >= 11 is 0. The predicted octanol–water partition coefficient (Wildman–Crippen LogP) is 3.25. The molecular weight excluding hydrogens is 151 g/mol. The Bertz CT molecular complexity index is 302. The molecule has 11 heavy (non-hydrogen) atoms. The lowest BCUT2D eigenvalue weighted by atomic mass is 10.1. The predicted molar refractivity (Wildman–Crippen MR) is 51.0 cm³/mol. The maximum absolute atomic E-state index is 3.31. The Hall–Kier alpha value is -0.740. The Kier molecular flexibility index (Phi) is 1.71. The summed E-state index contributed by atoms with van der Waals surface area (Å²) in [4.78, 5) is 0. The number of rotatable bonds is 1. The summed E-state index contributed by atoms with van der Waals surface area (Å²) < 4.78 is 0. The first-order chi connectivity index (χ1) is 5.38. The van der Waals surface area contributed by atoms with Gasteiger partial charge in [0.05, 0.1) is 0 Å². The van der Waals surface area contributed by atoms with E-state index in [0.717, 1.165) is 14.6 Å². The Morgan fingerprint density at radius 3 is 3.00 bits per heavy atom. The van der Waals surface area contributed by atoms with Gasteiger partial charge in [-0.25, -0.2) is 0 Å². The van der Waals surface area contributed by atoms with Crippen molar-refractivity contribution in [2.24, 2.45) is 0 Å². The van der Waals surface area contributed by atoms with Crippen LogP contribution >= 0.6 is 8.19 Å². The fourth-order valence-electron chi connectivity index (χ4n) is 1.36. The molecular formula is C10H10P. The molecule has 1 heteroatoms. The summed E-state index contributed by atoms with van der Waals surface area (Å²) in [5.74, 6) is 2.22. The third-order valence-electron chi connectivity index (χ3n) is 1.97. The van der Waals surface area contributed by atoms with Gasteiger partial charge in [-0.2, -0.15) is 0 Å². The topological polar surface area (TPSA) is 0 Å². The van der Waals surface area contributed by atoms with Crippen LogP contribution in [-0.2, 0) is 0 Å². The van der Waals surface area contributed by atoms with Gasteiger partial charge in [0.1, 0.15) is 0 Å². The second-order valence-corrected chi connectivity index (χ2v) is 3.87. The zero-order valence-electron chi connectivity index (χ0n) is 6.52. The van der Waals surface area contributed by atoms with Crippen LogP contribution in [0, 0.1) is 6.08 Å². The molecule has 0 N–H and O–H groups in total. The number of allylic oxidation sites excluding steroid dienone is 4. The van der Waals surface area contributed by atoms with Crippen LogP contribution in [0.3, 0.4) is 0 Å². The number of hydrogen-bond donors (Lipinski definition) is 0. The van der Waals surface area contributed by atoms with E-state index >= 15 is 0 Å². The molecule has 0 fully saturated rings. The van der Waals surface area contributed by atoms with E-state index in [9.17, 15) is 0 Å². The van der Waals surface area contributed by atoms with Crippen LogP contribution in [0.25, 0.3) is 5.57 Å². The molecule has 1 unspecified atom stereocenters. The fourth-order valence-corrected chi connectivity index (χ4v) is 2.37. The van der Waals surface area contributed by atoms with Crippen molar-refractivity contribution in [2.75, 3.05) is 0 Å². The maximum atomic E-state index is 3.31. The Labute approximate surface area is 68.7 Å². The van der Waals surface area contributed by atoms with Crippen molar-refractivity contribution in [2.45, 2.75) is 13.3 Å². The van der Waals surface area contributed by atoms with Crippen LogP contribution < -0.4 is 0 Å². The highest BCUT2D eigenvalue weighted by molar-refractivity contribution is 7.31. The highest BCUT2D eigenvalue weighted by Crippen LogP contribution is 2.33. The summed E-state index contributed by atoms with van der Waals surface area (Å²) in [5.41, 5.74) is 2.75. The van der Waals surface area contributed by atoms with E-state index in [1.54, 1.807) is 0 Å². The van der Waals surface area contributed by atoms with Crippen molar-refractivity contribution in [3.8, 4) is 0 Å². The lowest BCUT2D eigenvalue weighted by Crippen LogP contribution is -1.75. The molecule has 1 atom stereocenters. The minimum atomic E-state index is 0.871. The average Bonchev–Trinajstić information content (AvgIpc) is 2.55. The normalized spacial score (nSPS) is 17.2. The summed E-state index contributed by atoms with van der Waals surface area (Å²) in [6, 6.07) is 4.35. The molecule has 0 saturated heterocycles. The molecule has 0 spiro atoms. The van der Waals surface area contributed by atoms with Gasteiger partial charge in [-0.3, -0.25) is 0 Å². The molecule has 1 aromatic rings. The molecule has 1 heterocycles. The van der Waals surface area contributed by atoms with Crippen LogP contribution in [0.15, 0.2) is 29.6 Å². The molecule has 1 radical (unpaired) electrons. The molecule has 0 aromatic carbocycles. The Balaban J connectivity index is 2.38.